The highest BCUT2D eigenvalue weighted by molar-refractivity contribution is 5.96. The predicted octanol–water partition coefficient (Wildman–Crippen LogP) is 3.57. The maximum atomic E-state index is 13.5. The van der Waals surface area contributed by atoms with Gasteiger partial charge >= 0.3 is 5.97 Å². The van der Waals surface area contributed by atoms with Crippen LogP contribution in [-0.2, 0) is 11.3 Å². The highest BCUT2D eigenvalue weighted by Gasteiger charge is 2.37. The lowest BCUT2D eigenvalue weighted by atomic mass is 9.89. The van der Waals surface area contributed by atoms with E-state index < -0.39 is 11.9 Å². The van der Waals surface area contributed by atoms with Gasteiger partial charge in [0.2, 0.25) is 0 Å². The van der Waals surface area contributed by atoms with E-state index in [1.165, 1.54) is 0 Å². The van der Waals surface area contributed by atoms with Crippen molar-refractivity contribution in [1.29, 1.82) is 0 Å². The molecule has 1 aliphatic heterocycles. The van der Waals surface area contributed by atoms with E-state index in [0.717, 1.165) is 35.3 Å². The number of hydrogen-bond acceptors (Lipinski definition) is 3. The zero-order valence-corrected chi connectivity index (χ0v) is 15.9. The molecule has 29 heavy (non-hydrogen) atoms. The summed E-state index contributed by atoms with van der Waals surface area (Å²) >= 11 is 0. The third-order valence-electron chi connectivity index (χ3n) is 5.78. The van der Waals surface area contributed by atoms with E-state index in [0.29, 0.717) is 18.0 Å². The Kier molecular flexibility index (Phi) is 4.19. The van der Waals surface area contributed by atoms with Crippen LogP contribution in [-0.4, -0.2) is 38.2 Å². The molecule has 6 heteroatoms. The van der Waals surface area contributed by atoms with Crippen LogP contribution < -0.4 is 0 Å². The maximum absolute atomic E-state index is 13.5. The Bertz CT molecular complexity index is 1090. The molecule has 146 valence electrons. The molecule has 1 unspecified atom stereocenters. The largest absolute Gasteiger partial charge is 0.481 e. The van der Waals surface area contributed by atoms with Crippen molar-refractivity contribution in [3.05, 3.63) is 83.2 Å². The molecule has 3 aromatic rings. The summed E-state index contributed by atoms with van der Waals surface area (Å²) in [5.74, 6) is -1.44. The van der Waals surface area contributed by atoms with E-state index in [1.807, 2.05) is 59.3 Å². The summed E-state index contributed by atoms with van der Waals surface area (Å²) in [6.45, 7) is 0.589. The summed E-state index contributed by atoms with van der Waals surface area (Å²) in [4.78, 5) is 26.9. The van der Waals surface area contributed by atoms with Crippen LogP contribution in [0.2, 0.25) is 0 Å². The Morgan fingerprint density at radius 1 is 1.00 bits per heavy atom. The first-order chi connectivity index (χ1) is 14.1. The summed E-state index contributed by atoms with van der Waals surface area (Å²) < 4.78 is 1.86. The van der Waals surface area contributed by atoms with Crippen molar-refractivity contribution in [3.63, 3.8) is 0 Å². The number of rotatable bonds is 4. The van der Waals surface area contributed by atoms with Gasteiger partial charge in [0.15, 0.2) is 0 Å². The van der Waals surface area contributed by atoms with Crippen molar-refractivity contribution in [1.82, 2.24) is 14.7 Å². The number of aromatic nitrogens is 2. The molecule has 1 aromatic heterocycles. The standard InChI is InChI=1S/C23H21N3O3/c27-22(25-13-16-6-4-5-9-18(16)20(14-25)23(28)29)19-12-24-26(21(19)15-10-11-15)17-7-2-1-3-8-17/h1-9,12,15,20H,10-11,13-14H2,(H,28,29). The first-order valence-electron chi connectivity index (χ1n) is 9.86. The smallest absolute Gasteiger partial charge is 0.312 e. The normalized spacial score (nSPS) is 18.3. The Balaban J connectivity index is 1.52. The molecular formula is C23H21N3O3. The second kappa shape index (κ2) is 6.88. The third kappa shape index (κ3) is 3.10. The SMILES string of the molecule is O=C(O)C1CN(C(=O)c2cnn(-c3ccccc3)c2C2CC2)Cc2ccccc21. The number of benzene rings is 2. The Morgan fingerprint density at radius 2 is 1.72 bits per heavy atom. The minimum absolute atomic E-state index is 0.144. The molecule has 1 saturated carbocycles. The highest BCUT2D eigenvalue weighted by atomic mass is 16.4. The fourth-order valence-electron chi connectivity index (χ4n) is 4.19. The topological polar surface area (TPSA) is 75.4 Å². The van der Waals surface area contributed by atoms with Crippen molar-refractivity contribution < 1.29 is 14.7 Å². The Morgan fingerprint density at radius 3 is 2.45 bits per heavy atom. The molecule has 0 saturated heterocycles. The van der Waals surface area contributed by atoms with Crippen LogP contribution in [0.1, 0.15) is 51.9 Å². The summed E-state index contributed by atoms with van der Waals surface area (Å²) in [6, 6.07) is 17.3. The van der Waals surface area contributed by atoms with E-state index in [4.69, 9.17) is 0 Å². The van der Waals surface area contributed by atoms with E-state index in [9.17, 15) is 14.7 Å². The van der Waals surface area contributed by atoms with E-state index in [1.54, 1.807) is 11.1 Å². The molecule has 0 radical (unpaired) electrons. The van der Waals surface area contributed by atoms with Crippen molar-refractivity contribution in [2.75, 3.05) is 6.54 Å². The number of carbonyl (C=O) groups excluding carboxylic acids is 1. The molecule has 0 spiro atoms. The van der Waals surface area contributed by atoms with Crippen LogP contribution in [0.3, 0.4) is 0 Å². The average Bonchev–Trinajstić information content (AvgIpc) is 3.50. The molecule has 0 bridgehead atoms. The van der Waals surface area contributed by atoms with E-state index in [2.05, 4.69) is 5.10 Å². The van der Waals surface area contributed by atoms with Gasteiger partial charge in [-0.15, -0.1) is 0 Å². The fraction of sp³-hybridized carbons (Fsp3) is 0.261. The van der Waals surface area contributed by atoms with Crippen molar-refractivity contribution in [3.8, 4) is 5.69 Å². The number of hydrogen-bond donors (Lipinski definition) is 1. The van der Waals surface area contributed by atoms with Gasteiger partial charge < -0.3 is 10.0 Å². The number of carbonyl (C=O) groups is 2. The van der Waals surface area contributed by atoms with Gasteiger partial charge in [-0.05, 0) is 36.1 Å². The van der Waals surface area contributed by atoms with Crippen molar-refractivity contribution >= 4 is 11.9 Å². The zero-order chi connectivity index (χ0) is 20.0. The molecule has 5 rings (SSSR count). The van der Waals surface area contributed by atoms with Crippen molar-refractivity contribution in [2.24, 2.45) is 0 Å². The first-order valence-corrected chi connectivity index (χ1v) is 9.86. The Hall–Kier alpha value is -3.41. The lowest BCUT2D eigenvalue weighted by molar-refractivity contribution is -0.139. The van der Waals surface area contributed by atoms with Gasteiger partial charge in [0.1, 0.15) is 0 Å². The second-order valence-corrected chi connectivity index (χ2v) is 7.74. The minimum atomic E-state index is -0.905. The number of para-hydroxylation sites is 1. The quantitative estimate of drug-likeness (QED) is 0.743. The van der Waals surface area contributed by atoms with Gasteiger partial charge in [0.25, 0.3) is 5.91 Å². The van der Waals surface area contributed by atoms with Gasteiger partial charge in [-0.3, -0.25) is 9.59 Å². The lowest BCUT2D eigenvalue weighted by Gasteiger charge is -2.32. The predicted molar refractivity (Wildman–Crippen MR) is 107 cm³/mol. The molecule has 6 nitrogen and oxygen atoms in total. The van der Waals surface area contributed by atoms with Crippen LogP contribution in [0.25, 0.3) is 5.69 Å². The molecule has 2 aromatic carbocycles. The number of carboxylic acids is 1. The number of amides is 1. The lowest BCUT2D eigenvalue weighted by Crippen LogP contribution is -2.40. The molecule has 2 aliphatic rings. The van der Waals surface area contributed by atoms with E-state index in [-0.39, 0.29) is 12.5 Å². The van der Waals surface area contributed by atoms with Gasteiger partial charge in [-0.25, -0.2) is 4.68 Å². The molecule has 1 fully saturated rings. The summed E-state index contributed by atoms with van der Waals surface area (Å²) in [5.41, 5.74) is 4.14. The van der Waals surface area contributed by atoms with E-state index >= 15 is 0 Å². The van der Waals surface area contributed by atoms with Crippen LogP contribution in [0.15, 0.2) is 60.8 Å². The number of carboxylic acid groups (broad SMARTS) is 1. The van der Waals surface area contributed by atoms with Crippen LogP contribution in [0, 0.1) is 0 Å². The highest BCUT2D eigenvalue weighted by Crippen LogP contribution is 2.43. The molecule has 1 amide bonds. The summed E-state index contributed by atoms with van der Waals surface area (Å²) in [5, 5.41) is 14.2. The monoisotopic (exact) mass is 387 g/mol. The zero-order valence-electron chi connectivity index (χ0n) is 15.9. The first kappa shape index (κ1) is 17.7. The van der Waals surface area contributed by atoms with Gasteiger partial charge in [-0.2, -0.15) is 5.10 Å². The third-order valence-corrected chi connectivity index (χ3v) is 5.78. The number of aliphatic carboxylic acids is 1. The molecule has 2 heterocycles. The van der Waals surface area contributed by atoms with Crippen molar-refractivity contribution in [2.45, 2.75) is 31.2 Å². The van der Waals surface area contributed by atoms with Crippen LogP contribution in [0.5, 0.6) is 0 Å². The molecule has 1 aliphatic carbocycles. The minimum Gasteiger partial charge on any atom is -0.481 e. The maximum Gasteiger partial charge on any atom is 0.312 e. The second-order valence-electron chi connectivity index (χ2n) is 7.74. The summed E-state index contributed by atoms with van der Waals surface area (Å²) in [7, 11) is 0. The average molecular weight is 387 g/mol. The number of nitrogens with zero attached hydrogens (tertiary/aromatic N) is 3. The molecular weight excluding hydrogens is 366 g/mol. The van der Waals surface area contributed by atoms with Crippen LogP contribution in [0.4, 0.5) is 0 Å². The molecule has 1 N–H and O–H groups in total. The van der Waals surface area contributed by atoms with Gasteiger partial charge in [0.05, 0.1) is 29.1 Å². The summed E-state index contributed by atoms with van der Waals surface area (Å²) in [6.07, 6.45) is 3.72. The molecule has 1 atom stereocenters. The fourth-order valence-corrected chi connectivity index (χ4v) is 4.19. The Labute approximate surface area is 168 Å². The van der Waals surface area contributed by atoms with Gasteiger partial charge in [0, 0.05) is 19.0 Å². The number of fused-ring (bicyclic) bond motifs is 1. The van der Waals surface area contributed by atoms with Gasteiger partial charge in [-0.1, -0.05) is 42.5 Å². The van der Waals surface area contributed by atoms with Crippen LogP contribution >= 0.6 is 0 Å².